The fourth-order valence-electron chi connectivity index (χ4n) is 1.48. The monoisotopic (exact) mass is 319 g/mol. The van der Waals surface area contributed by atoms with E-state index < -0.39 is 0 Å². The van der Waals surface area contributed by atoms with Gasteiger partial charge in [-0.25, -0.2) is 9.97 Å². The molecule has 114 valence electrons. The molecule has 1 heterocycles. The molecule has 2 aromatic rings. The number of halogens is 1. The van der Waals surface area contributed by atoms with E-state index in [0.717, 1.165) is 0 Å². The Balaban J connectivity index is 2.01. The van der Waals surface area contributed by atoms with E-state index in [-0.39, 0.29) is 12.6 Å². The van der Waals surface area contributed by atoms with Crippen LogP contribution >= 0.6 is 11.6 Å². The first-order chi connectivity index (χ1) is 10.7. The van der Waals surface area contributed by atoms with Crippen LogP contribution in [0.3, 0.4) is 0 Å². The van der Waals surface area contributed by atoms with Crippen LogP contribution in [0, 0.1) is 0 Å². The minimum atomic E-state index is 0.106. The maximum absolute atomic E-state index is 5.95. The largest absolute Gasteiger partial charge is 0.495 e. The smallest absolute Gasteiger partial charge is 0.316 e. The van der Waals surface area contributed by atoms with Crippen molar-refractivity contribution in [1.29, 1.82) is 0 Å². The fraction of sp³-hybridized carbons (Fsp3) is 0.143. The maximum atomic E-state index is 5.95. The molecule has 0 spiro atoms. The van der Waals surface area contributed by atoms with Crippen LogP contribution in [0.5, 0.6) is 11.8 Å². The number of hydrogen-bond donors (Lipinski definition) is 1. The van der Waals surface area contributed by atoms with Gasteiger partial charge in [0.1, 0.15) is 18.1 Å². The summed E-state index contributed by atoms with van der Waals surface area (Å²) in [6.07, 6.45) is 4.65. The lowest BCUT2D eigenvalue weighted by Crippen LogP contribution is -2.15. The van der Waals surface area contributed by atoms with Gasteiger partial charge in [0.15, 0.2) is 0 Å². The normalized spacial score (nSPS) is 11.6. The molecule has 0 unspecified atom stereocenters. The highest BCUT2D eigenvalue weighted by molar-refractivity contribution is 6.32. The van der Waals surface area contributed by atoms with Crippen LogP contribution < -0.4 is 15.3 Å². The summed E-state index contributed by atoms with van der Waals surface area (Å²) in [5, 5.41) is 4.12. The van der Waals surface area contributed by atoms with Crippen molar-refractivity contribution in [2.24, 2.45) is 15.9 Å². The number of hydrazone groups is 1. The summed E-state index contributed by atoms with van der Waals surface area (Å²) < 4.78 is 10.5. The second-order valence-electron chi connectivity index (χ2n) is 4.02. The molecule has 22 heavy (non-hydrogen) atoms. The van der Waals surface area contributed by atoms with Gasteiger partial charge in [0.25, 0.3) is 0 Å². The van der Waals surface area contributed by atoms with Crippen molar-refractivity contribution in [1.82, 2.24) is 9.97 Å². The highest BCUT2D eigenvalue weighted by Crippen LogP contribution is 2.28. The van der Waals surface area contributed by atoms with Crippen molar-refractivity contribution in [2.45, 2.75) is 0 Å². The zero-order chi connectivity index (χ0) is 15.8. The average Bonchev–Trinajstić information content (AvgIpc) is 2.57. The molecule has 7 nitrogen and oxygen atoms in total. The number of aliphatic imine (C=N–C) groups is 1. The number of hydrogen-bond acceptors (Lipinski definition) is 7. The van der Waals surface area contributed by atoms with Crippen LogP contribution in [0.4, 0.5) is 5.69 Å². The van der Waals surface area contributed by atoms with E-state index in [1.807, 2.05) is 0 Å². The molecule has 1 aromatic heterocycles. The van der Waals surface area contributed by atoms with Crippen LogP contribution in [0.2, 0.25) is 5.02 Å². The lowest BCUT2D eigenvalue weighted by molar-refractivity contribution is 0.346. The molecule has 0 bridgehead atoms. The zero-order valence-electron chi connectivity index (χ0n) is 11.8. The third kappa shape index (κ3) is 4.42. The van der Waals surface area contributed by atoms with Crippen molar-refractivity contribution in [2.75, 3.05) is 13.7 Å². The minimum absolute atomic E-state index is 0.106. The Labute approximate surface area is 132 Å². The summed E-state index contributed by atoms with van der Waals surface area (Å²) in [5.74, 6) is 5.85. The molecule has 2 N–H and O–H groups in total. The zero-order valence-corrected chi connectivity index (χ0v) is 12.6. The van der Waals surface area contributed by atoms with E-state index in [4.69, 9.17) is 26.9 Å². The maximum Gasteiger partial charge on any atom is 0.316 e. The lowest BCUT2D eigenvalue weighted by atomic mass is 10.3. The van der Waals surface area contributed by atoms with E-state index in [2.05, 4.69) is 20.1 Å². The van der Waals surface area contributed by atoms with Gasteiger partial charge in [-0.15, -0.1) is 0 Å². The Morgan fingerprint density at radius 3 is 2.82 bits per heavy atom. The van der Waals surface area contributed by atoms with Crippen LogP contribution in [0.25, 0.3) is 0 Å². The summed E-state index contributed by atoms with van der Waals surface area (Å²) in [5.41, 5.74) is 1.08. The van der Waals surface area contributed by atoms with Gasteiger partial charge in [0, 0.05) is 18.5 Å². The van der Waals surface area contributed by atoms with Gasteiger partial charge in [0.05, 0.1) is 24.0 Å². The molecule has 0 saturated heterocycles. The molecule has 0 radical (unpaired) electrons. The standard InChI is InChI=1S/C14H14ClN5O2/c1-21-13-7-10(3-4-12(13)15)19-8-11(20-16)9-22-14-17-5-2-6-18-14/h2-8H,9,16H2,1H3. The van der Waals surface area contributed by atoms with E-state index in [1.54, 1.807) is 36.7 Å². The molecular formula is C14H14ClN5O2. The number of benzene rings is 1. The Kier molecular flexibility index (Phi) is 5.67. The van der Waals surface area contributed by atoms with Crippen LogP contribution in [0.1, 0.15) is 0 Å². The Morgan fingerprint density at radius 1 is 1.36 bits per heavy atom. The summed E-state index contributed by atoms with van der Waals surface area (Å²) in [6.45, 7) is 0.106. The summed E-state index contributed by atoms with van der Waals surface area (Å²) >= 11 is 5.95. The number of methoxy groups -OCH3 is 1. The number of nitrogens with two attached hydrogens (primary N) is 1. The Hall–Kier alpha value is -2.67. The second-order valence-corrected chi connectivity index (χ2v) is 4.42. The summed E-state index contributed by atoms with van der Waals surface area (Å²) in [6, 6.07) is 7.08. The third-order valence-electron chi connectivity index (χ3n) is 2.55. The quantitative estimate of drug-likeness (QED) is 0.500. The number of rotatable bonds is 6. The lowest BCUT2D eigenvalue weighted by Gasteiger charge is -2.04. The first-order valence-corrected chi connectivity index (χ1v) is 6.65. The van der Waals surface area contributed by atoms with Gasteiger partial charge in [-0.05, 0) is 18.2 Å². The van der Waals surface area contributed by atoms with Crippen molar-refractivity contribution in [3.8, 4) is 11.8 Å². The predicted molar refractivity (Wildman–Crippen MR) is 85.3 cm³/mol. The predicted octanol–water partition coefficient (Wildman–Crippen LogP) is 2.23. The van der Waals surface area contributed by atoms with E-state index in [9.17, 15) is 0 Å². The molecule has 0 atom stereocenters. The average molecular weight is 320 g/mol. The van der Waals surface area contributed by atoms with E-state index in [0.29, 0.717) is 22.2 Å². The van der Waals surface area contributed by atoms with Crippen LogP contribution in [-0.4, -0.2) is 35.6 Å². The van der Waals surface area contributed by atoms with Crippen molar-refractivity contribution in [3.63, 3.8) is 0 Å². The van der Waals surface area contributed by atoms with E-state index >= 15 is 0 Å². The minimum Gasteiger partial charge on any atom is -0.495 e. The van der Waals surface area contributed by atoms with Gasteiger partial charge < -0.3 is 15.3 Å². The Morgan fingerprint density at radius 2 is 2.14 bits per heavy atom. The van der Waals surface area contributed by atoms with Crippen LogP contribution in [-0.2, 0) is 0 Å². The van der Waals surface area contributed by atoms with Crippen LogP contribution in [0.15, 0.2) is 46.8 Å². The molecule has 0 saturated carbocycles. The third-order valence-corrected chi connectivity index (χ3v) is 2.87. The molecule has 0 aliphatic heterocycles. The number of aromatic nitrogens is 2. The van der Waals surface area contributed by atoms with Crippen molar-refractivity contribution < 1.29 is 9.47 Å². The molecule has 0 aliphatic rings. The first kappa shape index (κ1) is 15.7. The highest BCUT2D eigenvalue weighted by atomic mass is 35.5. The molecule has 8 heteroatoms. The summed E-state index contributed by atoms with van der Waals surface area (Å²) in [4.78, 5) is 12.1. The van der Waals surface area contributed by atoms with Gasteiger partial charge >= 0.3 is 6.01 Å². The number of nitrogens with zero attached hydrogens (tertiary/aromatic N) is 4. The second kappa shape index (κ2) is 7.94. The highest BCUT2D eigenvalue weighted by Gasteiger charge is 2.02. The molecule has 0 amide bonds. The van der Waals surface area contributed by atoms with Gasteiger partial charge in [-0.3, -0.25) is 4.99 Å². The molecule has 0 aliphatic carbocycles. The van der Waals surface area contributed by atoms with Gasteiger partial charge in [-0.1, -0.05) is 11.6 Å². The molecule has 2 rings (SSSR count). The number of ether oxygens (including phenoxy) is 2. The Bertz CT molecular complexity index is 676. The van der Waals surface area contributed by atoms with Crippen molar-refractivity contribution >= 4 is 29.2 Å². The SMILES string of the molecule is COc1cc(N=CC(COc2ncccn2)=NN)ccc1Cl. The molecule has 0 fully saturated rings. The fourth-order valence-corrected chi connectivity index (χ4v) is 1.68. The molecule has 1 aromatic carbocycles. The van der Waals surface area contributed by atoms with Gasteiger partial charge in [-0.2, -0.15) is 5.10 Å². The van der Waals surface area contributed by atoms with Gasteiger partial charge in [0.2, 0.25) is 0 Å². The van der Waals surface area contributed by atoms with E-state index in [1.165, 1.54) is 13.3 Å². The summed E-state index contributed by atoms with van der Waals surface area (Å²) in [7, 11) is 1.54. The topological polar surface area (TPSA) is 95.0 Å². The molecular weight excluding hydrogens is 306 g/mol. The first-order valence-electron chi connectivity index (χ1n) is 6.27. The van der Waals surface area contributed by atoms with Crippen molar-refractivity contribution in [3.05, 3.63) is 41.7 Å².